The summed E-state index contributed by atoms with van der Waals surface area (Å²) in [4.78, 5) is 16.1. The summed E-state index contributed by atoms with van der Waals surface area (Å²) in [6, 6.07) is 8.36. The fraction of sp³-hybridized carbons (Fsp3) is 0.0625. The number of rotatable bonds is 5. The molecule has 3 heterocycles. The Morgan fingerprint density at radius 1 is 1.23 bits per heavy atom. The molecule has 0 radical (unpaired) electrons. The van der Waals surface area contributed by atoms with Crippen LogP contribution in [0.1, 0.15) is 23.1 Å². The maximum Gasteiger partial charge on any atom is 0.244 e. The lowest BCUT2D eigenvalue weighted by molar-refractivity contribution is -0.117. The van der Waals surface area contributed by atoms with Gasteiger partial charge in [-0.25, -0.2) is 0 Å². The molecule has 110 valence electrons. The van der Waals surface area contributed by atoms with Gasteiger partial charge < -0.3 is 14.3 Å². The lowest BCUT2D eigenvalue weighted by Gasteiger charge is -2.12. The van der Waals surface area contributed by atoms with Crippen LogP contribution in [0.25, 0.3) is 6.08 Å². The Balaban J connectivity index is 1.74. The van der Waals surface area contributed by atoms with Gasteiger partial charge in [0, 0.05) is 24.5 Å². The van der Waals surface area contributed by atoms with Crippen LogP contribution in [0.2, 0.25) is 0 Å². The van der Waals surface area contributed by atoms with Crippen molar-refractivity contribution in [1.29, 1.82) is 0 Å². The maximum atomic E-state index is 12.1. The van der Waals surface area contributed by atoms with Crippen molar-refractivity contribution in [3.05, 3.63) is 78.3 Å². The molecule has 6 nitrogen and oxygen atoms in total. The van der Waals surface area contributed by atoms with E-state index in [9.17, 15) is 4.79 Å². The highest BCUT2D eigenvalue weighted by atomic mass is 16.5. The highest BCUT2D eigenvalue weighted by Crippen LogP contribution is 2.20. The van der Waals surface area contributed by atoms with Gasteiger partial charge in [-0.2, -0.15) is 0 Å². The van der Waals surface area contributed by atoms with E-state index in [1.165, 1.54) is 12.3 Å². The number of pyridine rings is 1. The highest BCUT2D eigenvalue weighted by molar-refractivity contribution is 5.92. The standard InChI is InChI=1S/C16H13N3O3/c20-15(6-5-12-3-1-8-17-11-12)18-16(13-7-10-22-19-13)14-4-2-9-21-14/h1-11,16H,(H,18,20). The van der Waals surface area contributed by atoms with Gasteiger partial charge >= 0.3 is 0 Å². The van der Waals surface area contributed by atoms with E-state index in [4.69, 9.17) is 8.94 Å². The lowest BCUT2D eigenvalue weighted by Crippen LogP contribution is -2.27. The number of amides is 1. The second kappa shape index (κ2) is 6.53. The molecule has 0 saturated heterocycles. The molecule has 1 atom stereocenters. The van der Waals surface area contributed by atoms with Gasteiger partial charge in [-0.05, 0) is 29.8 Å². The maximum absolute atomic E-state index is 12.1. The second-order valence-electron chi connectivity index (χ2n) is 4.50. The average molecular weight is 295 g/mol. The summed E-state index contributed by atoms with van der Waals surface area (Å²) in [7, 11) is 0. The summed E-state index contributed by atoms with van der Waals surface area (Å²) >= 11 is 0. The lowest BCUT2D eigenvalue weighted by atomic mass is 10.1. The summed E-state index contributed by atoms with van der Waals surface area (Å²) in [6.45, 7) is 0. The number of carbonyl (C=O) groups is 1. The van der Waals surface area contributed by atoms with Crippen LogP contribution in [0.3, 0.4) is 0 Å². The number of nitrogens with zero attached hydrogens (tertiary/aromatic N) is 2. The summed E-state index contributed by atoms with van der Waals surface area (Å²) in [5.41, 5.74) is 1.41. The Bertz CT molecular complexity index is 700. The number of nitrogens with one attached hydrogen (secondary N) is 1. The van der Waals surface area contributed by atoms with E-state index in [1.54, 1.807) is 49.0 Å². The molecule has 0 saturated carbocycles. The molecule has 0 aliphatic rings. The van der Waals surface area contributed by atoms with Crippen LogP contribution >= 0.6 is 0 Å². The summed E-state index contributed by atoms with van der Waals surface area (Å²) < 4.78 is 10.2. The molecule has 22 heavy (non-hydrogen) atoms. The van der Waals surface area contributed by atoms with Crippen molar-refractivity contribution >= 4 is 12.0 Å². The Morgan fingerprint density at radius 3 is 2.86 bits per heavy atom. The number of furan rings is 1. The predicted molar refractivity (Wildman–Crippen MR) is 78.5 cm³/mol. The van der Waals surface area contributed by atoms with Crippen molar-refractivity contribution < 1.29 is 13.7 Å². The van der Waals surface area contributed by atoms with E-state index < -0.39 is 6.04 Å². The number of hydrogen-bond donors (Lipinski definition) is 1. The van der Waals surface area contributed by atoms with Gasteiger partial charge in [0.15, 0.2) is 0 Å². The third-order valence-corrected chi connectivity index (χ3v) is 2.98. The number of hydrogen-bond acceptors (Lipinski definition) is 5. The smallest absolute Gasteiger partial charge is 0.244 e. The van der Waals surface area contributed by atoms with Crippen molar-refractivity contribution in [2.24, 2.45) is 0 Å². The van der Waals surface area contributed by atoms with Crippen molar-refractivity contribution in [3.8, 4) is 0 Å². The minimum absolute atomic E-state index is 0.270. The fourth-order valence-electron chi connectivity index (χ4n) is 1.95. The first-order valence-electron chi connectivity index (χ1n) is 6.65. The molecular formula is C16H13N3O3. The van der Waals surface area contributed by atoms with Gasteiger partial charge in [0.25, 0.3) is 0 Å². The van der Waals surface area contributed by atoms with Crippen molar-refractivity contribution in [3.63, 3.8) is 0 Å². The molecule has 3 rings (SSSR count). The minimum atomic E-state index is -0.500. The van der Waals surface area contributed by atoms with Crippen molar-refractivity contribution in [2.45, 2.75) is 6.04 Å². The molecule has 0 bridgehead atoms. The van der Waals surface area contributed by atoms with Gasteiger partial charge in [-0.3, -0.25) is 9.78 Å². The molecule has 0 aliphatic heterocycles. The molecular weight excluding hydrogens is 282 g/mol. The van der Waals surface area contributed by atoms with E-state index in [-0.39, 0.29) is 5.91 Å². The Hall–Kier alpha value is -3.15. The topological polar surface area (TPSA) is 81.2 Å². The molecule has 0 fully saturated rings. The fourth-order valence-corrected chi connectivity index (χ4v) is 1.95. The first-order chi connectivity index (χ1) is 10.8. The van der Waals surface area contributed by atoms with Gasteiger partial charge in [-0.15, -0.1) is 0 Å². The monoisotopic (exact) mass is 295 g/mol. The third kappa shape index (κ3) is 3.29. The average Bonchev–Trinajstić information content (AvgIpc) is 3.25. The van der Waals surface area contributed by atoms with Crippen LogP contribution < -0.4 is 5.32 Å². The Morgan fingerprint density at radius 2 is 2.18 bits per heavy atom. The van der Waals surface area contributed by atoms with Crippen LogP contribution in [0, 0.1) is 0 Å². The molecule has 1 amide bonds. The molecule has 0 aliphatic carbocycles. The van der Waals surface area contributed by atoms with Crippen molar-refractivity contribution in [1.82, 2.24) is 15.5 Å². The minimum Gasteiger partial charge on any atom is -0.467 e. The number of aromatic nitrogens is 2. The highest BCUT2D eigenvalue weighted by Gasteiger charge is 2.21. The largest absolute Gasteiger partial charge is 0.467 e. The molecule has 1 N–H and O–H groups in total. The van der Waals surface area contributed by atoms with E-state index in [2.05, 4.69) is 15.5 Å². The molecule has 3 aromatic rings. The zero-order valence-electron chi connectivity index (χ0n) is 11.5. The predicted octanol–water partition coefficient (Wildman–Crippen LogP) is 2.58. The van der Waals surface area contributed by atoms with Crippen LogP contribution in [-0.2, 0) is 4.79 Å². The molecule has 1 unspecified atom stereocenters. The van der Waals surface area contributed by atoms with Crippen LogP contribution in [-0.4, -0.2) is 16.0 Å². The Kier molecular flexibility index (Phi) is 4.10. The zero-order valence-corrected chi connectivity index (χ0v) is 11.5. The zero-order chi connectivity index (χ0) is 15.2. The van der Waals surface area contributed by atoms with Gasteiger partial charge in [-0.1, -0.05) is 11.2 Å². The van der Waals surface area contributed by atoms with E-state index in [0.717, 1.165) is 5.56 Å². The first-order valence-corrected chi connectivity index (χ1v) is 6.65. The first kappa shape index (κ1) is 13.8. The van der Waals surface area contributed by atoms with E-state index in [1.807, 2.05) is 6.07 Å². The molecule has 3 aromatic heterocycles. The molecule has 0 aromatic carbocycles. The third-order valence-electron chi connectivity index (χ3n) is 2.98. The summed E-state index contributed by atoms with van der Waals surface area (Å²) in [5, 5.41) is 6.69. The molecule has 0 spiro atoms. The van der Waals surface area contributed by atoms with Crippen LogP contribution in [0.5, 0.6) is 0 Å². The van der Waals surface area contributed by atoms with Crippen molar-refractivity contribution in [2.75, 3.05) is 0 Å². The van der Waals surface area contributed by atoms with Gasteiger partial charge in [0.05, 0.1) is 6.26 Å². The normalized spacial score (nSPS) is 12.4. The summed E-state index contributed by atoms with van der Waals surface area (Å²) in [5.74, 6) is 0.310. The molecule has 6 heteroatoms. The Labute approximate surface area is 126 Å². The second-order valence-corrected chi connectivity index (χ2v) is 4.50. The quantitative estimate of drug-likeness (QED) is 0.732. The van der Waals surface area contributed by atoms with E-state index >= 15 is 0 Å². The van der Waals surface area contributed by atoms with Gasteiger partial charge in [0.1, 0.15) is 23.8 Å². The summed E-state index contributed by atoms with van der Waals surface area (Å²) in [6.07, 6.45) is 9.46. The van der Waals surface area contributed by atoms with Crippen LogP contribution in [0.15, 0.2) is 70.3 Å². The SMILES string of the molecule is O=C(C=Cc1cccnc1)NC(c1ccon1)c1ccco1. The van der Waals surface area contributed by atoms with Crippen LogP contribution in [0.4, 0.5) is 0 Å². The van der Waals surface area contributed by atoms with Gasteiger partial charge in [0.2, 0.25) is 5.91 Å². The number of carbonyl (C=O) groups excluding carboxylic acids is 1. The van der Waals surface area contributed by atoms with E-state index in [0.29, 0.717) is 11.5 Å².